The Balaban J connectivity index is 2.61. The Hall–Kier alpha value is -1.36. The molecule has 0 aromatic carbocycles. The van der Waals surface area contributed by atoms with Gasteiger partial charge >= 0.3 is 5.97 Å². The number of aromatic nitrogens is 2. The monoisotopic (exact) mass is 253 g/mol. The molecular weight excluding hydrogens is 230 g/mol. The van der Waals surface area contributed by atoms with Crippen molar-refractivity contribution in [3.63, 3.8) is 0 Å². The summed E-state index contributed by atoms with van der Waals surface area (Å²) in [4.78, 5) is 11.5. The van der Waals surface area contributed by atoms with Crippen LogP contribution in [-0.4, -0.2) is 28.4 Å². The molecule has 0 aliphatic heterocycles. The van der Waals surface area contributed by atoms with Crippen LogP contribution in [0.25, 0.3) is 0 Å². The fourth-order valence-electron chi connectivity index (χ4n) is 1.76. The highest BCUT2D eigenvalue weighted by Crippen LogP contribution is 2.09. The molecule has 0 aliphatic rings. The number of nitrogens with two attached hydrogens (primary N) is 1. The van der Waals surface area contributed by atoms with E-state index >= 15 is 0 Å². The summed E-state index contributed by atoms with van der Waals surface area (Å²) in [6.07, 6.45) is 4.70. The number of carbonyl (C=O) groups is 1. The summed E-state index contributed by atoms with van der Waals surface area (Å²) in [6, 6.07) is -0.604. The number of esters is 1. The molecule has 1 aromatic heterocycles. The van der Waals surface area contributed by atoms with E-state index in [0.29, 0.717) is 13.0 Å². The van der Waals surface area contributed by atoms with Gasteiger partial charge in [0.15, 0.2) is 0 Å². The van der Waals surface area contributed by atoms with Gasteiger partial charge in [0.2, 0.25) is 0 Å². The number of hydrogen-bond acceptors (Lipinski definition) is 4. The highest BCUT2D eigenvalue weighted by Gasteiger charge is 2.17. The third-order valence-corrected chi connectivity index (χ3v) is 2.82. The summed E-state index contributed by atoms with van der Waals surface area (Å²) in [6.45, 7) is 7.13. The number of nitrogens with zero attached hydrogens (tertiary/aromatic N) is 2. The zero-order valence-corrected chi connectivity index (χ0v) is 11.5. The summed E-state index contributed by atoms with van der Waals surface area (Å²) in [5.41, 5.74) is 7.76. The van der Waals surface area contributed by atoms with E-state index in [4.69, 9.17) is 10.5 Å². The van der Waals surface area contributed by atoms with Gasteiger partial charge in [0, 0.05) is 19.2 Å². The highest BCUT2D eigenvalue weighted by molar-refractivity contribution is 5.75. The summed E-state index contributed by atoms with van der Waals surface area (Å²) in [5.74, 6) is -0.349. The zero-order valence-electron chi connectivity index (χ0n) is 11.5. The lowest BCUT2D eigenvalue weighted by Gasteiger charge is -2.09. The highest BCUT2D eigenvalue weighted by atomic mass is 16.5. The minimum atomic E-state index is -0.604. The Kier molecular flexibility index (Phi) is 5.85. The van der Waals surface area contributed by atoms with E-state index in [9.17, 15) is 4.79 Å². The van der Waals surface area contributed by atoms with Crippen LogP contribution < -0.4 is 5.73 Å². The van der Waals surface area contributed by atoms with Crippen molar-refractivity contribution in [2.45, 2.75) is 52.6 Å². The number of carbonyl (C=O) groups excluding carboxylic acids is 1. The molecule has 0 bridgehead atoms. The van der Waals surface area contributed by atoms with Crippen LogP contribution in [0.1, 0.15) is 37.9 Å². The molecule has 1 aromatic rings. The van der Waals surface area contributed by atoms with Crippen LogP contribution in [0, 0.1) is 6.92 Å². The molecule has 0 spiro atoms. The molecule has 18 heavy (non-hydrogen) atoms. The maximum Gasteiger partial charge on any atom is 0.323 e. The summed E-state index contributed by atoms with van der Waals surface area (Å²) in [7, 11) is 0. The second kappa shape index (κ2) is 7.16. The molecule has 0 saturated carbocycles. The maximum absolute atomic E-state index is 11.5. The van der Waals surface area contributed by atoms with Crippen LogP contribution in [0.3, 0.4) is 0 Å². The summed E-state index contributed by atoms with van der Waals surface area (Å²) < 4.78 is 6.82. The van der Waals surface area contributed by atoms with Gasteiger partial charge in [0.05, 0.1) is 12.3 Å². The predicted molar refractivity (Wildman–Crippen MR) is 70.2 cm³/mol. The summed E-state index contributed by atoms with van der Waals surface area (Å²) in [5, 5.41) is 4.42. The molecule has 1 atom stereocenters. The van der Waals surface area contributed by atoms with Gasteiger partial charge in [-0.3, -0.25) is 9.48 Å². The van der Waals surface area contributed by atoms with E-state index in [2.05, 4.69) is 12.0 Å². The largest absolute Gasteiger partial charge is 0.465 e. The molecule has 0 fully saturated rings. The van der Waals surface area contributed by atoms with Crippen molar-refractivity contribution in [3.05, 3.63) is 17.5 Å². The van der Waals surface area contributed by atoms with Crippen molar-refractivity contribution in [1.82, 2.24) is 9.78 Å². The van der Waals surface area contributed by atoms with Crippen LogP contribution in [0.4, 0.5) is 0 Å². The van der Waals surface area contributed by atoms with Crippen LogP contribution in [0.2, 0.25) is 0 Å². The van der Waals surface area contributed by atoms with Crippen molar-refractivity contribution in [3.8, 4) is 0 Å². The van der Waals surface area contributed by atoms with Crippen molar-refractivity contribution in [1.29, 1.82) is 0 Å². The minimum Gasteiger partial charge on any atom is -0.465 e. The third-order valence-electron chi connectivity index (χ3n) is 2.82. The number of hydrogen-bond donors (Lipinski definition) is 1. The van der Waals surface area contributed by atoms with Gasteiger partial charge in [-0.2, -0.15) is 5.10 Å². The average molecular weight is 253 g/mol. The van der Waals surface area contributed by atoms with Crippen LogP contribution >= 0.6 is 0 Å². The van der Waals surface area contributed by atoms with Gasteiger partial charge in [0.1, 0.15) is 6.04 Å². The average Bonchev–Trinajstić information content (AvgIpc) is 2.67. The molecule has 2 N–H and O–H groups in total. The van der Waals surface area contributed by atoms with Crippen LogP contribution in [0.5, 0.6) is 0 Å². The number of rotatable bonds is 7. The molecule has 0 amide bonds. The Morgan fingerprint density at radius 1 is 1.56 bits per heavy atom. The van der Waals surface area contributed by atoms with Gasteiger partial charge in [-0.05, 0) is 25.8 Å². The molecule has 5 heteroatoms. The van der Waals surface area contributed by atoms with Crippen molar-refractivity contribution >= 4 is 5.97 Å². The predicted octanol–water partition coefficient (Wildman–Crippen LogP) is 1.42. The molecule has 1 heterocycles. The second-order valence-electron chi connectivity index (χ2n) is 4.42. The third kappa shape index (κ3) is 4.14. The van der Waals surface area contributed by atoms with Gasteiger partial charge in [-0.15, -0.1) is 0 Å². The first-order chi connectivity index (χ1) is 8.58. The molecule has 1 rings (SSSR count). The maximum atomic E-state index is 11.5. The molecule has 0 saturated heterocycles. The second-order valence-corrected chi connectivity index (χ2v) is 4.42. The minimum absolute atomic E-state index is 0.349. The molecule has 5 nitrogen and oxygen atoms in total. The Labute approximate surface area is 108 Å². The Morgan fingerprint density at radius 3 is 2.89 bits per heavy atom. The SMILES string of the molecule is CCCCn1cc(CC(N)C(=O)OCC)c(C)n1. The molecule has 102 valence electrons. The normalized spacial score (nSPS) is 12.4. The Bertz CT molecular complexity index is 388. The van der Waals surface area contributed by atoms with Crippen molar-refractivity contribution in [2.75, 3.05) is 6.61 Å². The lowest BCUT2D eigenvalue weighted by atomic mass is 10.1. The van der Waals surface area contributed by atoms with E-state index < -0.39 is 6.04 Å². The summed E-state index contributed by atoms with van der Waals surface area (Å²) >= 11 is 0. The first-order valence-electron chi connectivity index (χ1n) is 6.53. The van der Waals surface area contributed by atoms with Gasteiger partial charge in [0.25, 0.3) is 0 Å². The quantitative estimate of drug-likeness (QED) is 0.746. The first-order valence-corrected chi connectivity index (χ1v) is 6.53. The fraction of sp³-hybridized carbons (Fsp3) is 0.692. The number of aryl methyl sites for hydroxylation is 2. The topological polar surface area (TPSA) is 70.1 Å². The number of ether oxygens (including phenoxy) is 1. The lowest BCUT2D eigenvalue weighted by molar-refractivity contribution is -0.144. The standard InChI is InChI=1S/C13H23N3O2/c1-4-6-7-16-9-11(10(3)15-16)8-12(14)13(17)18-5-2/h9,12H,4-8,14H2,1-3H3. The first kappa shape index (κ1) is 14.7. The van der Waals surface area contributed by atoms with Gasteiger partial charge in [-0.25, -0.2) is 0 Å². The van der Waals surface area contributed by atoms with Crippen molar-refractivity contribution < 1.29 is 9.53 Å². The molecule has 0 radical (unpaired) electrons. The van der Waals surface area contributed by atoms with Crippen LogP contribution in [0.15, 0.2) is 6.20 Å². The van der Waals surface area contributed by atoms with E-state index in [1.807, 2.05) is 17.8 Å². The smallest absolute Gasteiger partial charge is 0.323 e. The van der Waals surface area contributed by atoms with Crippen molar-refractivity contribution in [2.24, 2.45) is 5.73 Å². The van der Waals surface area contributed by atoms with Gasteiger partial charge in [-0.1, -0.05) is 13.3 Å². The molecule has 1 unspecified atom stereocenters. The van der Waals surface area contributed by atoms with E-state index in [-0.39, 0.29) is 5.97 Å². The van der Waals surface area contributed by atoms with E-state index in [1.54, 1.807) is 6.92 Å². The molecular formula is C13H23N3O2. The van der Waals surface area contributed by atoms with E-state index in [0.717, 1.165) is 30.6 Å². The zero-order chi connectivity index (χ0) is 13.5. The lowest BCUT2D eigenvalue weighted by Crippen LogP contribution is -2.34. The van der Waals surface area contributed by atoms with E-state index in [1.165, 1.54) is 0 Å². The Morgan fingerprint density at radius 2 is 2.28 bits per heavy atom. The molecule has 0 aliphatic carbocycles. The van der Waals surface area contributed by atoms with Gasteiger partial charge < -0.3 is 10.5 Å². The van der Waals surface area contributed by atoms with Crippen LogP contribution in [-0.2, 0) is 22.5 Å². The fourth-order valence-corrected chi connectivity index (χ4v) is 1.76. The number of unbranched alkanes of at least 4 members (excludes halogenated alkanes) is 1.